The van der Waals surface area contributed by atoms with Crippen LogP contribution < -0.4 is 15.2 Å². The van der Waals surface area contributed by atoms with Crippen molar-refractivity contribution in [2.75, 3.05) is 14.2 Å². The summed E-state index contributed by atoms with van der Waals surface area (Å²) in [6, 6.07) is 9.49. The van der Waals surface area contributed by atoms with Gasteiger partial charge in [-0.1, -0.05) is 6.07 Å². The molecule has 4 heteroatoms. The summed E-state index contributed by atoms with van der Waals surface area (Å²) in [7, 11) is 3.25. The highest BCUT2D eigenvalue weighted by Crippen LogP contribution is 2.33. The second-order valence-corrected chi connectivity index (χ2v) is 3.78. The first-order valence-electron chi connectivity index (χ1n) is 5.66. The van der Waals surface area contributed by atoms with Gasteiger partial charge in [-0.15, -0.1) is 0 Å². The molecule has 18 heavy (non-hydrogen) atoms. The van der Waals surface area contributed by atoms with Gasteiger partial charge in [-0.3, -0.25) is 4.98 Å². The number of pyridine rings is 1. The highest BCUT2D eigenvalue weighted by molar-refractivity contribution is 5.71. The number of aromatic nitrogens is 1. The average molecular weight is 244 g/mol. The molecule has 1 aromatic heterocycles. The fraction of sp³-hybridized carbons (Fsp3) is 0.214. The largest absolute Gasteiger partial charge is 0.497 e. The lowest BCUT2D eigenvalue weighted by Gasteiger charge is -2.12. The molecule has 0 atom stereocenters. The Morgan fingerprint density at radius 3 is 2.67 bits per heavy atom. The number of methoxy groups -OCH3 is 2. The van der Waals surface area contributed by atoms with Gasteiger partial charge in [0.15, 0.2) is 0 Å². The Morgan fingerprint density at radius 2 is 2.00 bits per heavy atom. The summed E-state index contributed by atoms with van der Waals surface area (Å²) < 4.78 is 10.6. The van der Waals surface area contributed by atoms with E-state index in [-0.39, 0.29) is 0 Å². The molecular formula is C14H16N2O2. The summed E-state index contributed by atoms with van der Waals surface area (Å²) in [4.78, 5) is 4.38. The quantitative estimate of drug-likeness (QED) is 0.896. The molecular weight excluding hydrogens is 228 g/mol. The molecule has 0 spiro atoms. The second-order valence-electron chi connectivity index (χ2n) is 3.78. The lowest BCUT2D eigenvalue weighted by Crippen LogP contribution is -2.01. The van der Waals surface area contributed by atoms with Crippen molar-refractivity contribution in [3.63, 3.8) is 0 Å². The lowest BCUT2D eigenvalue weighted by molar-refractivity contribution is 0.395. The van der Waals surface area contributed by atoms with Crippen LogP contribution in [-0.4, -0.2) is 19.2 Å². The van der Waals surface area contributed by atoms with Crippen molar-refractivity contribution in [1.29, 1.82) is 0 Å². The molecule has 94 valence electrons. The standard InChI is InChI=1S/C14H16N2O2/c1-17-11-5-6-12(13(8-11)18-2)14-10(9-15)4-3-7-16-14/h3-8H,9,15H2,1-2H3. The van der Waals surface area contributed by atoms with Gasteiger partial charge in [-0.2, -0.15) is 0 Å². The monoisotopic (exact) mass is 244 g/mol. The van der Waals surface area contributed by atoms with Crippen LogP contribution >= 0.6 is 0 Å². The molecule has 0 aliphatic rings. The third kappa shape index (κ3) is 2.28. The zero-order valence-corrected chi connectivity index (χ0v) is 10.5. The molecule has 2 aromatic rings. The summed E-state index contributed by atoms with van der Waals surface area (Å²) in [6.45, 7) is 0.443. The number of rotatable bonds is 4. The van der Waals surface area contributed by atoms with Gasteiger partial charge in [-0.25, -0.2) is 0 Å². The van der Waals surface area contributed by atoms with Gasteiger partial charge in [0.2, 0.25) is 0 Å². The Labute approximate surface area is 106 Å². The van der Waals surface area contributed by atoms with E-state index in [1.807, 2.05) is 30.3 Å². The molecule has 1 heterocycles. The maximum Gasteiger partial charge on any atom is 0.131 e. The van der Waals surface area contributed by atoms with Gasteiger partial charge in [0, 0.05) is 24.4 Å². The Morgan fingerprint density at radius 1 is 1.17 bits per heavy atom. The van der Waals surface area contributed by atoms with Crippen molar-refractivity contribution in [2.24, 2.45) is 5.73 Å². The average Bonchev–Trinajstić information content (AvgIpc) is 2.46. The van der Waals surface area contributed by atoms with Crippen molar-refractivity contribution in [3.05, 3.63) is 42.1 Å². The highest BCUT2D eigenvalue weighted by atomic mass is 16.5. The maximum atomic E-state index is 5.73. The molecule has 0 aliphatic heterocycles. The predicted octanol–water partition coefficient (Wildman–Crippen LogP) is 2.22. The van der Waals surface area contributed by atoms with Crippen LogP contribution in [-0.2, 0) is 6.54 Å². The summed E-state index contributed by atoms with van der Waals surface area (Å²) in [5, 5.41) is 0. The Kier molecular flexibility index (Phi) is 3.79. The zero-order valence-electron chi connectivity index (χ0n) is 10.5. The lowest BCUT2D eigenvalue weighted by atomic mass is 10.0. The van der Waals surface area contributed by atoms with Crippen LogP contribution in [0.15, 0.2) is 36.5 Å². The van der Waals surface area contributed by atoms with E-state index in [0.717, 1.165) is 28.3 Å². The fourth-order valence-corrected chi connectivity index (χ4v) is 1.84. The summed E-state index contributed by atoms with van der Waals surface area (Å²) in [5.41, 5.74) is 8.48. The molecule has 0 radical (unpaired) electrons. The van der Waals surface area contributed by atoms with Crippen LogP contribution in [0.1, 0.15) is 5.56 Å². The molecule has 4 nitrogen and oxygen atoms in total. The molecule has 2 rings (SSSR count). The molecule has 0 fully saturated rings. The van der Waals surface area contributed by atoms with Crippen LogP contribution in [0.4, 0.5) is 0 Å². The van der Waals surface area contributed by atoms with Crippen LogP contribution in [0.5, 0.6) is 11.5 Å². The van der Waals surface area contributed by atoms with Crippen molar-refractivity contribution in [1.82, 2.24) is 4.98 Å². The number of hydrogen-bond acceptors (Lipinski definition) is 4. The van der Waals surface area contributed by atoms with E-state index in [2.05, 4.69) is 4.98 Å². The minimum atomic E-state index is 0.443. The van der Waals surface area contributed by atoms with Crippen molar-refractivity contribution < 1.29 is 9.47 Å². The van der Waals surface area contributed by atoms with Gasteiger partial charge in [0.1, 0.15) is 11.5 Å². The summed E-state index contributed by atoms with van der Waals surface area (Å²) in [5.74, 6) is 1.48. The van der Waals surface area contributed by atoms with E-state index in [4.69, 9.17) is 15.2 Å². The van der Waals surface area contributed by atoms with E-state index in [1.54, 1.807) is 20.4 Å². The number of nitrogens with two attached hydrogens (primary N) is 1. The summed E-state index contributed by atoms with van der Waals surface area (Å²) in [6.07, 6.45) is 1.75. The van der Waals surface area contributed by atoms with E-state index < -0.39 is 0 Å². The molecule has 0 aliphatic carbocycles. The topological polar surface area (TPSA) is 57.4 Å². The predicted molar refractivity (Wildman–Crippen MR) is 70.7 cm³/mol. The van der Waals surface area contributed by atoms with Gasteiger partial charge >= 0.3 is 0 Å². The molecule has 0 saturated carbocycles. The Bertz CT molecular complexity index is 541. The SMILES string of the molecule is COc1ccc(-c2ncccc2CN)c(OC)c1. The third-order valence-corrected chi connectivity index (χ3v) is 2.78. The number of benzene rings is 1. The van der Waals surface area contributed by atoms with Crippen LogP contribution in [0.25, 0.3) is 11.3 Å². The smallest absolute Gasteiger partial charge is 0.131 e. The minimum absolute atomic E-state index is 0.443. The number of hydrogen-bond donors (Lipinski definition) is 1. The van der Waals surface area contributed by atoms with Gasteiger partial charge in [0.25, 0.3) is 0 Å². The fourth-order valence-electron chi connectivity index (χ4n) is 1.84. The normalized spacial score (nSPS) is 10.2. The number of ether oxygens (including phenoxy) is 2. The zero-order chi connectivity index (χ0) is 13.0. The molecule has 0 amide bonds. The molecule has 1 aromatic carbocycles. The van der Waals surface area contributed by atoms with Crippen LogP contribution in [0, 0.1) is 0 Å². The third-order valence-electron chi connectivity index (χ3n) is 2.78. The first-order valence-corrected chi connectivity index (χ1v) is 5.66. The van der Waals surface area contributed by atoms with Gasteiger partial charge < -0.3 is 15.2 Å². The molecule has 2 N–H and O–H groups in total. The van der Waals surface area contributed by atoms with E-state index in [9.17, 15) is 0 Å². The van der Waals surface area contributed by atoms with Crippen molar-refractivity contribution >= 4 is 0 Å². The van der Waals surface area contributed by atoms with E-state index in [0.29, 0.717) is 6.54 Å². The summed E-state index contributed by atoms with van der Waals surface area (Å²) >= 11 is 0. The Balaban J connectivity index is 2.56. The highest BCUT2D eigenvalue weighted by Gasteiger charge is 2.11. The number of nitrogens with zero attached hydrogens (tertiary/aromatic N) is 1. The first kappa shape index (κ1) is 12.4. The molecule has 0 unspecified atom stereocenters. The van der Waals surface area contributed by atoms with E-state index in [1.165, 1.54) is 0 Å². The van der Waals surface area contributed by atoms with Crippen LogP contribution in [0.2, 0.25) is 0 Å². The van der Waals surface area contributed by atoms with Crippen molar-refractivity contribution in [3.8, 4) is 22.8 Å². The first-order chi connectivity index (χ1) is 8.80. The van der Waals surface area contributed by atoms with Crippen LogP contribution in [0.3, 0.4) is 0 Å². The van der Waals surface area contributed by atoms with Gasteiger partial charge in [0.05, 0.1) is 19.9 Å². The van der Waals surface area contributed by atoms with Gasteiger partial charge in [-0.05, 0) is 23.8 Å². The van der Waals surface area contributed by atoms with Crippen molar-refractivity contribution in [2.45, 2.75) is 6.54 Å². The van der Waals surface area contributed by atoms with E-state index >= 15 is 0 Å². The minimum Gasteiger partial charge on any atom is -0.497 e. The second kappa shape index (κ2) is 5.51. The maximum absolute atomic E-state index is 5.73. The molecule has 0 bridgehead atoms. The Hall–Kier alpha value is -2.07. The molecule has 0 saturated heterocycles.